The zero-order chi connectivity index (χ0) is 13.1. The highest BCUT2D eigenvalue weighted by molar-refractivity contribution is 6.33. The van der Waals surface area contributed by atoms with Crippen molar-refractivity contribution in [3.05, 3.63) is 22.8 Å². The van der Waals surface area contributed by atoms with Crippen LogP contribution in [0.15, 0.2) is 12.3 Å². The van der Waals surface area contributed by atoms with Crippen molar-refractivity contribution in [3.63, 3.8) is 0 Å². The normalized spacial score (nSPS) is 19.1. The summed E-state index contributed by atoms with van der Waals surface area (Å²) in [5.41, 5.74) is 0.538. The van der Waals surface area contributed by atoms with Crippen molar-refractivity contribution < 1.29 is 4.79 Å². The third-order valence-corrected chi connectivity index (χ3v) is 3.56. The second-order valence-corrected chi connectivity index (χ2v) is 4.98. The van der Waals surface area contributed by atoms with Gasteiger partial charge in [0.25, 0.3) is 5.91 Å². The third-order valence-electron chi connectivity index (χ3n) is 3.26. The Morgan fingerprint density at radius 2 is 2.44 bits per heavy atom. The van der Waals surface area contributed by atoms with E-state index in [1.807, 2.05) is 11.8 Å². The Morgan fingerprint density at radius 3 is 3.06 bits per heavy atom. The predicted octanol–water partition coefficient (Wildman–Crippen LogP) is 2.79. The fourth-order valence-electron chi connectivity index (χ4n) is 2.27. The zero-order valence-corrected chi connectivity index (χ0v) is 11.5. The van der Waals surface area contributed by atoms with E-state index >= 15 is 0 Å². The van der Waals surface area contributed by atoms with E-state index in [0.29, 0.717) is 22.4 Å². The molecule has 0 saturated carbocycles. The topological polar surface area (TPSA) is 45.2 Å². The largest absolute Gasteiger partial charge is 0.370 e. The molecule has 4 nitrogen and oxygen atoms in total. The van der Waals surface area contributed by atoms with E-state index in [1.165, 1.54) is 6.20 Å². The van der Waals surface area contributed by atoms with Gasteiger partial charge in [0.15, 0.2) is 0 Å². The SMILES string of the molecule is CCNc1cc(C(=O)N2CCCC2C)c(Cl)cn1. The maximum atomic E-state index is 12.4. The van der Waals surface area contributed by atoms with Gasteiger partial charge in [-0.15, -0.1) is 0 Å². The maximum absolute atomic E-state index is 12.4. The molecular weight excluding hydrogens is 250 g/mol. The molecule has 0 aromatic carbocycles. The van der Waals surface area contributed by atoms with Gasteiger partial charge in [-0.1, -0.05) is 11.6 Å². The summed E-state index contributed by atoms with van der Waals surface area (Å²) in [6.45, 7) is 5.64. The van der Waals surface area contributed by atoms with E-state index in [1.54, 1.807) is 6.07 Å². The van der Waals surface area contributed by atoms with Gasteiger partial charge in [0.1, 0.15) is 5.82 Å². The van der Waals surface area contributed by atoms with Crippen LogP contribution in [0.4, 0.5) is 5.82 Å². The number of carbonyl (C=O) groups excluding carboxylic acids is 1. The molecule has 1 amide bonds. The number of nitrogens with one attached hydrogen (secondary N) is 1. The van der Waals surface area contributed by atoms with Crippen LogP contribution in [0.2, 0.25) is 5.02 Å². The first kappa shape index (κ1) is 13.1. The van der Waals surface area contributed by atoms with E-state index in [9.17, 15) is 4.79 Å². The molecule has 2 heterocycles. The van der Waals surface area contributed by atoms with Gasteiger partial charge >= 0.3 is 0 Å². The number of amides is 1. The van der Waals surface area contributed by atoms with E-state index in [-0.39, 0.29) is 5.91 Å². The summed E-state index contributed by atoms with van der Waals surface area (Å²) < 4.78 is 0. The number of carbonyl (C=O) groups is 1. The van der Waals surface area contributed by atoms with Crippen molar-refractivity contribution in [2.75, 3.05) is 18.4 Å². The Hall–Kier alpha value is -1.29. The predicted molar refractivity (Wildman–Crippen MR) is 73.1 cm³/mol. The molecule has 18 heavy (non-hydrogen) atoms. The van der Waals surface area contributed by atoms with Crippen LogP contribution in [0, 0.1) is 0 Å². The highest BCUT2D eigenvalue weighted by Gasteiger charge is 2.27. The number of nitrogens with zero attached hydrogens (tertiary/aromatic N) is 2. The summed E-state index contributed by atoms with van der Waals surface area (Å²) in [7, 11) is 0. The molecule has 0 radical (unpaired) electrons. The summed E-state index contributed by atoms with van der Waals surface area (Å²) in [5.74, 6) is 0.698. The first-order chi connectivity index (χ1) is 8.63. The van der Waals surface area contributed by atoms with Crippen LogP contribution in [0.25, 0.3) is 0 Å². The number of pyridine rings is 1. The van der Waals surface area contributed by atoms with Crippen LogP contribution in [-0.2, 0) is 0 Å². The van der Waals surface area contributed by atoms with Gasteiger partial charge in [0, 0.05) is 25.3 Å². The molecule has 1 aliphatic rings. The molecule has 1 aromatic rings. The number of hydrogen-bond acceptors (Lipinski definition) is 3. The number of hydrogen-bond donors (Lipinski definition) is 1. The lowest BCUT2D eigenvalue weighted by molar-refractivity contribution is 0.0747. The van der Waals surface area contributed by atoms with Crippen molar-refractivity contribution >= 4 is 23.3 Å². The van der Waals surface area contributed by atoms with Crippen LogP contribution in [0.3, 0.4) is 0 Å². The zero-order valence-electron chi connectivity index (χ0n) is 10.7. The van der Waals surface area contributed by atoms with Gasteiger partial charge in [-0.25, -0.2) is 4.98 Å². The van der Waals surface area contributed by atoms with Crippen molar-refractivity contribution in [3.8, 4) is 0 Å². The van der Waals surface area contributed by atoms with Gasteiger partial charge in [-0.2, -0.15) is 0 Å². The molecule has 1 fully saturated rings. The highest BCUT2D eigenvalue weighted by Crippen LogP contribution is 2.24. The molecule has 5 heteroatoms. The molecule has 1 N–H and O–H groups in total. The van der Waals surface area contributed by atoms with Crippen LogP contribution < -0.4 is 5.32 Å². The number of halogens is 1. The van der Waals surface area contributed by atoms with Crippen LogP contribution in [-0.4, -0.2) is 34.9 Å². The van der Waals surface area contributed by atoms with Gasteiger partial charge in [0.2, 0.25) is 0 Å². The maximum Gasteiger partial charge on any atom is 0.255 e. The molecule has 1 aliphatic heterocycles. The number of likely N-dealkylation sites (tertiary alicyclic amines) is 1. The average Bonchev–Trinajstić information content (AvgIpc) is 2.77. The van der Waals surface area contributed by atoms with Crippen LogP contribution >= 0.6 is 11.6 Å². The quantitative estimate of drug-likeness (QED) is 0.916. The Labute approximate surface area is 112 Å². The van der Waals surface area contributed by atoms with Crippen molar-refractivity contribution in [2.24, 2.45) is 0 Å². The van der Waals surface area contributed by atoms with Crippen molar-refractivity contribution in [1.82, 2.24) is 9.88 Å². The fraction of sp³-hybridized carbons (Fsp3) is 0.538. The minimum Gasteiger partial charge on any atom is -0.370 e. The monoisotopic (exact) mass is 267 g/mol. The lowest BCUT2D eigenvalue weighted by Gasteiger charge is -2.22. The summed E-state index contributed by atoms with van der Waals surface area (Å²) in [5, 5.41) is 3.51. The first-order valence-corrected chi connectivity index (χ1v) is 6.71. The van der Waals surface area contributed by atoms with Gasteiger partial charge in [0.05, 0.1) is 10.6 Å². The molecular formula is C13H18ClN3O. The molecule has 0 aliphatic carbocycles. The molecule has 1 aromatic heterocycles. The smallest absolute Gasteiger partial charge is 0.255 e. The summed E-state index contributed by atoms with van der Waals surface area (Å²) in [4.78, 5) is 18.4. The van der Waals surface area contributed by atoms with E-state index < -0.39 is 0 Å². The molecule has 0 bridgehead atoms. The van der Waals surface area contributed by atoms with Crippen LogP contribution in [0.5, 0.6) is 0 Å². The van der Waals surface area contributed by atoms with Gasteiger partial charge < -0.3 is 10.2 Å². The number of aromatic nitrogens is 1. The summed E-state index contributed by atoms with van der Waals surface area (Å²) >= 11 is 6.08. The van der Waals surface area contributed by atoms with E-state index in [0.717, 1.165) is 25.9 Å². The third kappa shape index (κ3) is 2.58. The Bertz CT molecular complexity index is 450. The van der Waals surface area contributed by atoms with E-state index in [4.69, 9.17) is 11.6 Å². The average molecular weight is 268 g/mol. The van der Waals surface area contributed by atoms with Gasteiger partial charge in [-0.05, 0) is 32.8 Å². The Kier molecular flexibility index (Phi) is 4.07. The Balaban J connectivity index is 2.25. The lowest BCUT2D eigenvalue weighted by atomic mass is 10.2. The first-order valence-electron chi connectivity index (χ1n) is 6.34. The standard InChI is InChI=1S/C13H18ClN3O/c1-3-15-12-7-10(11(14)8-16-12)13(18)17-6-4-5-9(17)2/h7-9H,3-6H2,1-2H3,(H,15,16). The van der Waals surface area contributed by atoms with Gasteiger partial charge in [-0.3, -0.25) is 4.79 Å². The van der Waals surface area contributed by atoms with Crippen molar-refractivity contribution in [2.45, 2.75) is 32.7 Å². The molecule has 0 spiro atoms. The molecule has 2 rings (SSSR count). The second kappa shape index (κ2) is 5.57. The number of rotatable bonds is 3. The van der Waals surface area contributed by atoms with Crippen LogP contribution in [0.1, 0.15) is 37.0 Å². The lowest BCUT2D eigenvalue weighted by Crippen LogP contribution is -2.33. The summed E-state index contributed by atoms with van der Waals surface area (Å²) in [6, 6.07) is 2.03. The molecule has 1 unspecified atom stereocenters. The Morgan fingerprint density at radius 1 is 1.67 bits per heavy atom. The minimum atomic E-state index is 0.00607. The summed E-state index contributed by atoms with van der Waals surface area (Å²) in [6.07, 6.45) is 3.66. The number of anilines is 1. The second-order valence-electron chi connectivity index (χ2n) is 4.57. The minimum absolute atomic E-state index is 0.00607. The molecule has 98 valence electrons. The highest BCUT2D eigenvalue weighted by atomic mass is 35.5. The fourth-order valence-corrected chi connectivity index (χ4v) is 2.45. The van der Waals surface area contributed by atoms with E-state index in [2.05, 4.69) is 17.2 Å². The molecule has 1 atom stereocenters. The van der Waals surface area contributed by atoms with Crippen molar-refractivity contribution in [1.29, 1.82) is 0 Å². The molecule has 1 saturated heterocycles.